The predicted octanol–water partition coefficient (Wildman–Crippen LogP) is 3.25. The van der Waals surface area contributed by atoms with Gasteiger partial charge in [-0.3, -0.25) is 0 Å². The van der Waals surface area contributed by atoms with Crippen LogP contribution in [0.4, 0.5) is 5.69 Å². The van der Waals surface area contributed by atoms with Crippen LogP contribution in [-0.4, -0.2) is 74.4 Å². The minimum Gasteiger partial charge on any atom is -0.489 e. The second-order valence-corrected chi connectivity index (χ2v) is 11.6. The number of anilines is 1. The van der Waals surface area contributed by atoms with Gasteiger partial charge in [-0.2, -0.15) is 9.57 Å². The van der Waals surface area contributed by atoms with Gasteiger partial charge in [0.15, 0.2) is 0 Å². The van der Waals surface area contributed by atoms with Gasteiger partial charge >= 0.3 is 0 Å². The number of nitriles is 1. The molecule has 0 aliphatic carbocycles. The molecule has 2 aliphatic heterocycles. The molecule has 198 valence electrons. The fraction of sp³-hybridized carbons (Fsp3) is 0.393. The molecule has 2 saturated heterocycles. The van der Waals surface area contributed by atoms with E-state index >= 15 is 0 Å². The lowest BCUT2D eigenvalue weighted by molar-refractivity contribution is 0.0254. The van der Waals surface area contributed by atoms with Crippen molar-refractivity contribution in [2.45, 2.75) is 25.4 Å². The van der Waals surface area contributed by atoms with Gasteiger partial charge in [0.1, 0.15) is 23.7 Å². The first-order chi connectivity index (χ1) is 18.4. The van der Waals surface area contributed by atoms with E-state index in [0.29, 0.717) is 63.0 Å². The van der Waals surface area contributed by atoms with Gasteiger partial charge in [0.25, 0.3) is 0 Å². The van der Waals surface area contributed by atoms with Crippen LogP contribution in [-0.2, 0) is 21.2 Å². The summed E-state index contributed by atoms with van der Waals surface area (Å²) in [5, 5.41) is 9.71. The third-order valence-corrected chi connectivity index (χ3v) is 8.24. The second kappa shape index (κ2) is 11.5. The number of nitrogens with zero attached hydrogens (tertiary/aromatic N) is 5. The molecule has 10 heteroatoms. The highest BCUT2D eigenvalue weighted by Gasteiger charge is 2.23. The molecule has 0 radical (unpaired) electrons. The molecule has 0 bridgehead atoms. The number of benzene rings is 2. The maximum absolute atomic E-state index is 11.8. The van der Waals surface area contributed by atoms with Crippen LogP contribution in [0.3, 0.4) is 0 Å². The monoisotopic (exact) mass is 533 g/mol. The lowest BCUT2D eigenvalue weighted by Gasteiger charge is -2.34. The summed E-state index contributed by atoms with van der Waals surface area (Å²) in [6.45, 7) is 3.69. The maximum atomic E-state index is 11.8. The van der Waals surface area contributed by atoms with E-state index in [1.165, 1.54) is 10.6 Å². The van der Waals surface area contributed by atoms with Crippen molar-refractivity contribution in [2.75, 3.05) is 50.5 Å². The summed E-state index contributed by atoms with van der Waals surface area (Å²) in [7, 11) is -3.14. The van der Waals surface area contributed by atoms with Crippen molar-refractivity contribution in [3.63, 3.8) is 0 Å². The summed E-state index contributed by atoms with van der Waals surface area (Å²) < 4.78 is 36.5. The Bertz CT molecular complexity index is 1410. The molecule has 2 aliphatic rings. The van der Waals surface area contributed by atoms with Crippen molar-refractivity contribution in [1.29, 1.82) is 5.26 Å². The Morgan fingerprint density at radius 2 is 1.79 bits per heavy atom. The zero-order chi connectivity index (χ0) is 26.5. The van der Waals surface area contributed by atoms with Crippen LogP contribution in [0, 0.1) is 11.3 Å². The van der Waals surface area contributed by atoms with E-state index in [4.69, 9.17) is 14.5 Å². The molecule has 0 unspecified atom stereocenters. The maximum Gasteiger partial charge on any atom is 0.211 e. The van der Waals surface area contributed by atoms with Crippen molar-refractivity contribution < 1.29 is 17.9 Å². The summed E-state index contributed by atoms with van der Waals surface area (Å²) in [5.74, 6) is 1.29. The summed E-state index contributed by atoms with van der Waals surface area (Å²) in [6, 6.07) is 17.9. The summed E-state index contributed by atoms with van der Waals surface area (Å²) >= 11 is 0. The average Bonchev–Trinajstić information content (AvgIpc) is 2.94. The number of ether oxygens (including phenoxy) is 2. The minimum absolute atomic E-state index is 0.0656. The van der Waals surface area contributed by atoms with Gasteiger partial charge in [-0.15, -0.1) is 0 Å². The van der Waals surface area contributed by atoms with Crippen LogP contribution >= 0.6 is 0 Å². The van der Waals surface area contributed by atoms with Crippen molar-refractivity contribution in [3.05, 3.63) is 71.7 Å². The van der Waals surface area contributed by atoms with Crippen molar-refractivity contribution in [1.82, 2.24) is 14.3 Å². The SMILES string of the molecule is CS(=O)(=O)N1CCN(c2ccc(Cc3nccc(-c4ccc(OC5CCOCC5)c(C#N)c4)n3)cc2)CC1. The van der Waals surface area contributed by atoms with Crippen LogP contribution in [0.25, 0.3) is 11.3 Å². The molecule has 1 aromatic heterocycles. The Labute approximate surface area is 223 Å². The summed E-state index contributed by atoms with van der Waals surface area (Å²) in [6.07, 6.45) is 5.29. The first-order valence-corrected chi connectivity index (χ1v) is 14.6. The molecule has 0 spiro atoms. The Kier molecular flexibility index (Phi) is 7.88. The van der Waals surface area contributed by atoms with Gasteiger partial charge < -0.3 is 14.4 Å². The molecule has 9 nitrogen and oxygen atoms in total. The van der Waals surface area contributed by atoms with Crippen LogP contribution < -0.4 is 9.64 Å². The highest BCUT2D eigenvalue weighted by Crippen LogP contribution is 2.28. The highest BCUT2D eigenvalue weighted by molar-refractivity contribution is 7.88. The zero-order valence-electron chi connectivity index (χ0n) is 21.4. The predicted molar refractivity (Wildman–Crippen MR) is 145 cm³/mol. The van der Waals surface area contributed by atoms with Gasteiger partial charge in [-0.1, -0.05) is 12.1 Å². The third-order valence-electron chi connectivity index (χ3n) is 6.93. The summed E-state index contributed by atoms with van der Waals surface area (Å²) in [4.78, 5) is 11.4. The third kappa shape index (κ3) is 6.30. The molecular formula is C28H31N5O4S. The van der Waals surface area contributed by atoms with Crippen molar-refractivity contribution in [3.8, 4) is 23.1 Å². The number of aromatic nitrogens is 2. The molecule has 2 aromatic carbocycles. The molecule has 3 heterocycles. The highest BCUT2D eigenvalue weighted by atomic mass is 32.2. The number of sulfonamides is 1. The first kappa shape index (κ1) is 26.1. The number of rotatable bonds is 7. The lowest BCUT2D eigenvalue weighted by Crippen LogP contribution is -2.48. The molecule has 0 amide bonds. The second-order valence-electron chi connectivity index (χ2n) is 9.60. The quantitative estimate of drug-likeness (QED) is 0.455. The van der Waals surface area contributed by atoms with E-state index in [2.05, 4.69) is 40.2 Å². The van der Waals surface area contributed by atoms with Crippen LogP contribution in [0.2, 0.25) is 0 Å². The van der Waals surface area contributed by atoms with Gasteiger partial charge in [0, 0.05) is 62.9 Å². The topological polar surface area (TPSA) is 109 Å². The number of hydrogen-bond acceptors (Lipinski definition) is 8. The van der Waals surface area contributed by atoms with Crippen LogP contribution in [0.1, 0.15) is 29.8 Å². The van der Waals surface area contributed by atoms with Gasteiger partial charge in [-0.05, 0) is 42.0 Å². The van der Waals surface area contributed by atoms with E-state index < -0.39 is 10.0 Å². The average molecular weight is 534 g/mol. The fourth-order valence-electron chi connectivity index (χ4n) is 4.78. The zero-order valence-corrected chi connectivity index (χ0v) is 22.2. The van der Waals surface area contributed by atoms with E-state index in [1.807, 2.05) is 24.3 Å². The number of hydrogen-bond donors (Lipinski definition) is 0. The Morgan fingerprint density at radius 3 is 2.47 bits per heavy atom. The molecule has 2 fully saturated rings. The van der Waals surface area contributed by atoms with Gasteiger partial charge in [0.2, 0.25) is 10.0 Å². The Hall–Kier alpha value is -3.52. The molecule has 3 aromatic rings. The van der Waals surface area contributed by atoms with E-state index in [9.17, 15) is 13.7 Å². The molecule has 0 saturated carbocycles. The molecule has 0 atom stereocenters. The standard InChI is InChI=1S/C28H31N5O4S/c1-38(34,35)33-14-12-32(13-15-33)24-5-2-21(3-6-24)18-28-30-11-8-26(31-28)22-4-7-27(23(19-22)20-29)37-25-9-16-36-17-10-25/h2-8,11,19,25H,9-10,12-18H2,1H3. The number of piperazine rings is 1. The first-order valence-electron chi connectivity index (χ1n) is 12.8. The van der Waals surface area contributed by atoms with Gasteiger partial charge in [0.05, 0.1) is 30.7 Å². The normalized spacial score (nSPS) is 17.2. The van der Waals surface area contributed by atoms with E-state index in [-0.39, 0.29) is 6.10 Å². The largest absolute Gasteiger partial charge is 0.489 e. The van der Waals surface area contributed by atoms with E-state index in [1.54, 1.807) is 6.20 Å². The smallest absolute Gasteiger partial charge is 0.211 e. The summed E-state index contributed by atoms with van der Waals surface area (Å²) in [5.41, 5.74) is 4.24. The molecule has 0 N–H and O–H groups in total. The van der Waals surface area contributed by atoms with Crippen LogP contribution in [0.15, 0.2) is 54.7 Å². The lowest BCUT2D eigenvalue weighted by atomic mass is 10.1. The molecule has 38 heavy (non-hydrogen) atoms. The molecular weight excluding hydrogens is 502 g/mol. The minimum atomic E-state index is -3.14. The van der Waals surface area contributed by atoms with Crippen molar-refractivity contribution >= 4 is 15.7 Å². The van der Waals surface area contributed by atoms with Crippen molar-refractivity contribution in [2.24, 2.45) is 0 Å². The van der Waals surface area contributed by atoms with E-state index in [0.717, 1.165) is 35.3 Å². The fourth-order valence-corrected chi connectivity index (χ4v) is 5.61. The Morgan fingerprint density at radius 1 is 1.05 bits per heavy atom. The molecule has 5 rings (SSSR count). The van der Waals surface area contributed by atoms with Gasteiger partial charge in [-0.25, -0.2) is 18.4 Å². The Balaban J connectivity index is 1.24. The van der Waals surface area contributed by atoms with Crippen LogP contribution in [0.5, 0.6) is 5.75 Å².